The van der Waals surface area contributed by atoms with Crippen LogP contribution in [0, 0.1) is 0 Å². The van der Waals surface area contributed by atoms with Crippen LogP contribution in [-0.2, 0) is 16.1 Å². The predicted molar refractivity (Wildman–Crippen MR) is 83.4 cm³/mol. The minimum absolute atomic E-state index is 0.00308. The van der Waals surface area contributed by atoms with Crippen molar-refractivity contribution in [2.75, 3.05) is 13.1 Å². The second-order valence-electron chi connectivity index (χ2n) is 5.19. The summed E-state index contributed by atoms with van der Waals surface area (Å²) in [6, 6.07) is 9.80. The summed E-state index contributed by atoms with van der Waals surface area (Å²) >= 11 is 0. The monoisotopic (exact) mass is 291 g/mol. The Balaban J connectivity index is 2.39. The highest BCUT2D eigenvalue weighted by molar-refractivity contribution is 5.84. The Morgan fingerprint density at radius 1 is 1.29 bits per heavy atom. The molecule has 116 valence electrons. The van der Waals surface area contributed by atoms with Gasteiger partial charge in [0.2, 0.25) is 11.8 Å². The fourth-order valence-corrected chi connectivity index (χ4v) is 1.91. The highest BCUT2D eigenvalue weighted by Gasteiger charge is 2.13. The summed E-state index contributed by atoms with van der Waals surface area (Å²) < 4.78 is 0. The van der Waals surface area contributed by atoms with Gasteiger partial charge >= 0.3 is 0 Å². The van der Waals surface area contributed by atoms with Crippen molar-refractivity contribution in [3.05, 3.63) is 35.9 Å². The highest BCUT2D eigenvalue weighted by Crippen LogP contribution is 2.04. The Hall–Kier alpha value is -1.88. The first-order valence-electron chi connectivity index (χ1n) is 7.37. The molecule has 0 fully saturated rings. The van der Waals surface area contributed by atoms with Crippen LogP contribution in [0.1, 0.15) is 32.3 Å². The van der Waals surface area contributed by atoms with E-state index in [2.05, 4.69) is 5.32 Å². The summed E-state index contributed by atoms with van der Waals surface area (Å²) in [6.07, 6.45) is 0.983. The van der Waals surface area contributed by atoms with Crippen LogP contribution in [-0.4, -0.2) is 35.8 Å². The van der Waals surface area contributed by atoms with Crippen molar-refractivity contribution in [1.29, 1.82) is 0 Å². The Kier molecular flexibility index (Phi) is 7.46. The Morgan fingerprint density at radius 3 is 2.52 bits per heavy atom. The van der Waals surface area contributed by atoms with Gasteiger partial charge in [0.15, 0.2) is 0 Å². The molecule has 3 N–H and O–H groups in total. The molecule has 2 amide bonds. The molecule has 0 radical (unpaired) electrons. The van der Waals surface area contributed by atoms with Crippen molar-refractivity contribution in [1.82, 2.24) is 10.2 Å². The zero-order valence-corrected chi connectivity index (χ0v) is 12.8. The first-order chi connectivity index (χ1) is 10.0. The third kappa shape index (κ3) is 6.90. The van der Waals surface area contributed by atoms with Crippen molar-refractivity contribution in [2.24, 2.45) is 5.73 Å². The molecular weight excluding hydrogens is 266 g/mol. The molecule has 0 saturated heterocycles. The third-order valence-corrected chi connectivity index (χ3v) is 3.21. The number of nitrogens with two attached hydrogens (primary N) is 1. The molecule has 1 aromatic rings. The standard InChI is InChI=1S/C16H25N3O2/c1-3-19(12-14-7-5-4-6-8-14)16(21)11-18-15(20)10-9-13(2)17/h4-8,13H,3,9-12,17H2,1-2H3,(H,18,20). The number of likely N-dealkylation sites (N-methyl/N-ethyl adjacent to an activating group) is 1. The van der Waals surface area contributed by atoms with Crippen molar-refractivity contribution < 1.29 is 9.59 Å². The van der Waals surface area contributed by atoms with Gasteiger partial charge in [0.25, 0.3) is 0 Å². The number of carbonyl (C=O) groups excluding carboxylic acids is 2. The first-order valence-corrected chi connectivity index (χ1v) is 7.37. The lowest BCUT2D eigenvalue weighted by Gasteiger charge is -2.21. The maximum absolute atomic E-state index is 12.1. The summed E-state index contributed by atoms with van der Waals surface area (Å²) in [5.41, 5.74) is 6.68. The molecule has 0 aliphatic carbocycles. The van der Waals surface area contributed by atoms with E-state index in [4.69, 9.17) is 5.73 Å². The number of carbonyl (C=O) groups is 2. The second-order valence-corrected chi connectivity index (χ2v) is 5.19. The lowest BCUT2D eigenvalue weighted by Crippen LogP contribution is -2.40. The fourth-order valence-electron chi connectivity index (χ4n) is 1.91. The van der Waals surface area contributed by atoms with Crippen LogP contribution in [0.2, 0.25) is 0 Å². The summed E-state index contributed by atoms with van der Waals surface area (Å²) in [4.78, 5) is 25.4. The van der Waals surface area contributed by atoms with Gasteiger partial charge in [-0.25, -0.2) is 0 Å². The topological polar surface area (TPSA) is 75.4 Å². The van der Waals surface area contributed by atoms with E-state index in [9.17, 15) is 9.59 Å². The molecule has 5 heteroatoms. The predicted octanol–water partition coefficient (Wildman–Crippen LogP) is 1.28. The summed E-state index contributed by atoms with van der Waals surface area (Å²) in [7, 11) is 0. The molecule has 0 aromatic heterocycles. The van der Waals surface area contributed by atoms with Crippen molar-refractivity contribution in [3.8, 4) is 0 Å². The van der Waals surface area contributed by atoms with Gasteiger partial charge in [0.1, 0.15) is 0 Å². The minimum Gasteiger partial charge on any atom is -0.347 e. The Labute approximate surface area is 126 Å². The van der Waals surface area contributed by atoms with Gasteiger partial charge in [0.05, 0.1) is 6.54 Å². The molecule has 0 bridgehead atoms. The number of nitrogens with zero attached hydrogens (tertiary/aromatic N) is 1. The van der Waals surface area contributed by atoms with Gasteiger partial charge in [-0.2, -0.15) is 0 Å². The van der Waals surface area contributed by atoms with Crippen LogP contribution < -0.4 is 11.1 Å². The second kappa shape index (κ2) is 9.13. The van der Waals surface area contributed by atoms with E-state index in [0.29, 0.717) is 25.9 Å². The van der Waals surface area contributed by atoms with E-state index in [0.717, 1.165) is 5.56 Å². The van der Waals surface area contributed by atoms with Crippen LogP contribution in [0.25, 0.3) is 0 Å². The number of hydrogen-bond donors (Lipinski definition) is 2. The maximum atomic E-state index is 12.1. The van der Waals surface area contributed by atoms with Crippen LogP contribution in [0.5, 0.6) is 0 Å². The van der Waals surface area contributed by atoms with Gasteiger partial charge in [-0.05, 0) is 25.8 Å². The molecule has 0 aliphatic rings. The van der Waals surface area contributed by atoms with E-state index in [-0.39, 0.29) is 24.4 Å². The van der Waals surface area contributed by atoms with E-state index in [1.807, 2.05) is 44.2 Å². The van der Waals surface area contributed by atoms with Gasteiger partial charge in [0, 0.05) is 25.6 Å². The molecule has 1 unspecified atom stereocenters. The Bertz CT molecular complexity index is 446. The number of rotatable bonds is 8. The molecule has 0 aliphatic heterocycles. The van der Waals surface area contributed by atoms with Crippen LogP contribution in [0.15, 0.2) is 30.3 Å². The first kappa shape index (κ1) is 17.2. The van der Waals surface area contributed by atoms with Crippen LogP contribution in [0.4, 0.5) is 0 Å². The quantitative estimate of drug-likeness (QED) is 0.757. The van der Waals surface area contributed by atoms with Crippen LogP contribution in [0.3, 0.4) is 0 Å². The van der Waals surface area contributed by atoms with Crippen molar-refractivity contribution in [3.63, 3.8) is 0 Å². The molecular formula is C16H25N3O2. The molecule has 0 saturated carbocycles. The molecule has 0 heterocycles. The number of nitrogens with one attached hydrogen (secondary N) is 1. The summed E-state index contributed by atoms with van der Waals surface area (Å²) in [6.45, 7) is 5.00. The van der Waals surface area contributed by atoms with Crippen molar-refractivity contribution in [2.45, 2.75) is 39.3 Å². The number of benzene rings is 1. The number of amides is 2. The summed E-state index contributed by atoms with van der Waals surface area (Å²) in [5, 5.41) is 2.65. The maximum Gasteiger partial charge on any atom is 0.242 e. The molecule has 5 nitrogen and oxygen atoms in total. The minimum atomic E-state index is -0.128. The lowest BCUT2D eigenvalue weighted by atomic mass is 10.2. The van der Waals surface area contributed by atoms with Gasteiger partial charge in [-0.15, -0.1) is 0 Å². The fraction of sp³-hybridized carbons (Fsp3) is 0.500. The molecule has 21 heavy (non-hydrogen) atoms. The molecule has 0 spiro atoms. The zero-order chi connectivity index (χ0) is 15.7. The average Bonchev–Trinajstić information content (AvgIpc) is 2.49. The molecule has 1 aromatic carbocycles. The Morgan fingerprint density at radius 2 is 1.95 bits per heavy atom. The highest BCUT2D eigenvalue weighted by atomic mass is 16.2. The van der Waals surface area contributed by atoms with Crippen molar-refractivity contribution >= 4 is 11.8 Å². The third-order valence-electron chi connectivity index (χ3n) is 3.21. The van der Waals surface area contributed by atoms with Gasteiger partial charge in [-0.3, -0.25) is 9.59 Å². The molecule has 1 atom stereocenters. The normalized spacial score (nSPS) is 11.8. The van der Waals surface area contributed by atoms with E-state index in [1.165, 1.54) is 0 Å². The van der Waals surface area contributed by atoms with Gasteiger partial charge in [-0.1, -0.05) is 30.3 Å². The van der Waals surface area contributed by atoms with E-state index < -0.39 is 0 Å². The zero-order valence-electron chi connectivity index (χ0n) is 12.8. The smallest absolute Gasteiger partial charge is 0.242 e. The average molecular weight is 291 g/mol. The van der Waals surface area contributed by atoms with E-state index >= 15 is 0 Å². The lowest BCUT2D eigenvalue weighted by molar-refractivity contribution is -0.133. The van der Waals surface area contributed by atoms with Gasteiger partial charge < -0.3 is 16.0 Å². The SMILES string of the molecule is CCN(Cc1ccccc1)C(=O)CNC(=O)CCC(C)N. The van der Waals surface area contributed by atoms with E-state index in [1.54, 1.807) is 4.90 Å². The molecule has 1 rings (SSSR count). The summed E-state index contributed by atoms with van der Waals surface area (Å²) in [5.74, 6) is -0.202. The van der Waals surface area contributed by atoms with Crippen LogP contribution >= 0.6 is 0 Å². The number of hydrogen-bond acceptors (Lipinski definition) is 3. The largest absolute Gasteiger partial charge is 0.347 e.